The summed E-state index contributed by atoms with van der Waals surface area (Å²) in [6, 6.07) is 54.9. The predicted octanol–water partition coefficient (Wildman–Crippen LogP) is 10.3. The SMILES string of the molecule is Cn1c(=O)n(C)c2cc(-c3ccc(-c4ccc(-c5cc(-c6ccccc6)nc(-c6ccccc6)n5)c5ccccc45)c4ccccc34)ccc21. The van der Waals surface area contributed by atoms with Crippen molar-refractivity contribution in [2.24, 2.45) is 14.1 Å². The quantitative estimate of drug-likeness (QED) is 0.187. The van der Waals surface area contributed by atoms with E-state index in [1.165, 1.54) is 5.39 Å². The molecule has 0 radical (unpaired) electrons. The fourth-order valence-corrected chi connectivity index (χ4v) is 7.28. The Hall–Kier alpha value is -6.59. The molecular formula is C45H32N4O. The van der Waals surface area contributed by atoms with E-state index in [1.54, 1.807) is 9.13 Å². The van der Waals surface area contributed by atoms with Gasteiger partial charge in [-0.05, 0) is 62.0 Å². The Bertz CT molecular complexity index is 2740. The van der Waals surface area contributed by atoms with E-state index in [0.29, 0.717) is 5.82 Å². The summed E-state index contributed by atoms with van der Waals surface area (Å²) < 4.78 is 3.41. The van der Waals surface area contributed by atoms with E-state index in [0.717, 1.165) is 77.5 Å². The van der Waals surface area contributed by atoms with E-state index >= 15 is 0 Å². The molecule has 0 fully saturated rings. The summed E-state index contributed by atoms with van der Waals surface area (Å²) in [6.45, 7) is 0. The van der Waals surface area contributed by atoms with Gasteiger partial charge in [0.1, 0.15) is 0 Å². The van der Waals surface area contributed by atoms with Gasteiger partial charge in [0.15, 0.2) is 5.82 Å². The zero-order valence-corrected chi connectivity index (χ0v) is 27.7. The van der Waals surface area contributed by atoms with Crippen molar-refractivity contribution in [3.05, 3.63) is 168 Å². The first-order valence-corrected chi connectivity index (χ1v) is 16.8. The summed E-state index contributed by atoms with van der Waals surface area (Å²) in [6.07, 6.45) is 0. The standard InChI is InChI=1S/C45H32N4O/c1-48-42-26-21-31(27-43(42)49(2)45(48)50)32-22-23-37(34-18-10-9-17-33(32)34)38-24-25-39(36-20-12-11-19-35(36)38)41-28-40(29-13-5-3-6-14-29)46-44(47-41)30-15-7-4-8-16-30/h3-28H,1-2H3. The van der Waals surface area contributed by atoms with Crippen LogP contribution in [0.5, 0.6) is 0 Å². The predicted molar refractivity (Wildman–Crippen MR) is 206 cm³/mol. The third kappa shape index (κ3) is 4.82. The van der Waals surface area contributed by atoms with Gasteiger partial charge in [-0.3, -0.25) is 9.13 Å². The molecule has 50 heavy (non-hydrogen) atoms. The molecule has 0 saturated heterocycles. The maximum absolute atomic E-state index is 12.7. The number of imidazole rings is 1. The zero-order valence-electron chi connectivity index (χ0n) is 27.7. The van der Waals surface area contributed by atoms with Gasteiger partial charge in [0, 0.05) is 30.8 Å². The average molecular weight is 645 g/mol. The van der Waals surface area contributed by atoms with Crippen LogP contribution in [0.2, 0.25) is 0 Å². The second-order valence-electron chi connectivity index (χ2n) is 12.7. The van der Waals surface area contributed by atoms with Gasteiger partial charge in [0.25, 0.3) is 0 Å². The van der Waals surface area contributed by atoms with Crippen LogP contribution in [0.4, 0.5) is 0 Å². The van der Waals surface area contributed by atoms with Crippen LogP contribution in [-0.4, -0.2) is 19.1 Å². The zero-order chi connectivity index (χ0) is 33.8. The largest absolute Gasteiger partial charge is 0.328 e. The molecule has 0 atom stereocenters. The van der Waals surface area contributed by atoms with Crippen LogP contribution in [0, 0.1) is 0 Å². The van der Waals surface area contributed by atoms with Gasteiger partial charge in [0.2, 0.25) is 0 Å². The lowest BCUT2D eigenvalue weighted by molar-refractivity contribution is 0.795. The van der Waals surface area contributed by atoms with Crippen molar-refractivity contribution >= 4 is 32.6 Å². The van der Waals surface area contributed by atoms with E-state index < -0.39 is 0 Å². The van der Waals surface area contributed by atoms with E-state index in [2.05, 4.69) is 115 Å². The summed E-state index contributed by atoms with van der Waals surface area (Å²) in [5.41, 5.74) is 11.2. The van der Waals surface area contributed by atoms with Crippen molar-refractivity contribution in [1.29, 1.82) is 0 Å². The Balaban J connectivity index is 1.22. The van der Waals surface area contributed by atoms with Gasteiger partial charge in [-0.1, -0.05) is 140 Å². The molecule has 0 bridgehead atoms. The third-order valence-corrected chi connectivity index (χ3v) is 9.82. The van der Waals surface area contributed by atoms with Crippen LogP contribution in [0.15, 0.2) is 163 Å². The third-order valence-electron chi connectivity index (χ3n) is 9.82. The minimum absolute atomic E-state index is 0.0257. The van der Waals surface area contributed by atoms with Crippen molar-refractivity contribution in [1.82, 2.24) is 19.1 Å². The molecule has 2 heterocycles. The van der Waals surface area contributed by atoms with E-state index in [9.17, 15) is 4.79 Å². The van der Waals surface area contributed by atoms with Crippen LogP contribution in [0.3, 0.4) is 0 Å². The molecule has 0 amide bonds. The van der Waals surface area contributed by atoms with Gasteiger partial charge in [-0.15, -0.1) is 0 Å². The lowest BCUT2D eigenvalue weighted by Crippen LogP contribution is -2.19. The second kappa shape index (κ2) is 11.8. The van der Waals surface area contributed by atoms with Crippen molar-refractivity contribution in [3.63, 3.8) is 0 Å². The first-order chi connectivity index (χ1) is 24.5. The van der Waals surface area contributed by atoms with Crippen LogP contribution in [-0.2, 0) is 14.1 Å². The number of aromatic nitrogens is 4. The smallest absolute Gasteiger partial charge is 0.295 e. The Kier molecular flexibility index (Phi) is 6.99. The molecule has 238 valence electrons. The van der Waals surface area contributed by atoms with Crippen LogP contribution in [0.1, 0.15) is 0 Å². The Labute approximate surface area is 289 Å². The second-order valence-corrected chi connectivity index (χ2v) is 12.7. The molecule has 0 aliphatic rings. The van der Waals surface area contributed by atoms with Crippen LogP contribution < -0.4 is 5.69 Å². The number of benzene rings is 7. The van der Waals surface area contributed by atoms with Crippen molar-refractivity contribution in [2.45, 2.75) is 0 Å². The highest BCUT2D eigenvalue weighted by molar-refractivity contribution is 6.12. The maximum Gasteiger partial charge on any atom is 0.328 e. The first-order valence-electron chi connectivity index (χ1n) is 16.8. The van der Waals surface area contributed by atoms with Gasteiger partial charge < -0.3 is 0 Å². The van der Waals surface area contributed by atoms with Crippen LogP contribution >= 0.6 is 0 Å². The molecular weight excluding hydrogens is 613 g/mol. The molecule has 0 saturated carbocycles. The fraction of sp³-hybridized carbons (Fsp3) is 0.0444. The van der Waals surface area contributed by atoms with E-state index in [4.69, 9.17) is 9.97 Å². The molecule has 0 spiro atoms. The lowest BCUT2D eigenvalue weighted by Gasteiger charge is -2.16. The van der Waals surface area contributed by atoms with Gasteiger partial charge in [-0.25, -0.2) is 14.8 Å². The summed E-state index contributed by atoms with van der Waals surface area (Å²) >= 11 is 0. The molecule has 5 heteroatoms. The van der Waals surface area contributed by atoms with Gasteiger partial charge in [-0.2, -0.15) is 0 Å². The maximum atomic E-state index is 12.7. The Morgan fingerprint density at radius 3 is 1.52 bits per heavy atom. The highest BCUT2D eigenvalue weighted by atomic mass is 16.1. The number of fused-ring (bicyclic) bond motifs is 3. The average Bonchev–Trinajstić information content (AvgIpc) is 3.40. The molecule has 0 unspecified atom stereocenters. The number of hydrogen-bond donors (Lipinski definition) is 0. The van der Waals surface area contributed by atoms with Crippen molar-refractivity contribution in [3.8, 4) is 56.2 Å². The minimum Gasteiger partial charge on any atom is -0.295 e. The minimum atomic E-state index is -0.0257. The molecule has 9 aromatic rings. The van der Waals surface area contributed by atoms with Gasteiger partial charge in [0.05, 0.1) is 22.4 Å². The molecule has 7 aromatic carbocycles. The van der Waals surface area contributed by atoms with Crippen molar-refractivity contribution in [2.75, 3.05) is 0 Å². The lowest BCUT2D eigenvalue weighted by atomic mass is 9.88. The van der Waals surface area contributed by atoms with Crippen LogP contribution in [0.25, 0.3) is 88.7 Å². The monoisotopic (exact) mass is 644 g/mol. The molecule has 0 N–H and O–H groups in total. The summed E-state index contributed by atoms with van der Waals surface area (Å²) in [5, 5.41) is 4.62. The summed E-state index contributed by atoms with van der Waals surface area (Å²) in [4.78, 5) is 22.8. The summed E-state index contributed by atoms with van der Waals surface area (Å²) in [7, 11) is 3.65. The first kappa shape index (κ1) is 29.5. The number of aryl methyl sites for hydroxylation is 2. The topological polar surface area (TPSA) is 52.7 Å². The molecule has 0 aliphatic carbocycles. The fourth-order valence-electron chi connectivity index (χ4n) is 7.28. The number of rotatable bonds is 5. The van der Waals surface area contributed by atoms with Crippen molar-refractivity contribution < 1.29 is 0 Å². The molecule has 5 nitrogen and oxygen atoms in total. The molecule has 0 aliphatic heterocycles. The Morgan fingerprint density at radius 2 is 0.880 bits per heavy atom. The Morgan fingerprint density at radius 1 is 0.400 bits per heavy atom. The summed E-state index contributed by atoms with van der Waals surface area (Å²) in [5.74, 6) is 0.699. The highest BCUT2D eigenvalue weighted by Crippen LogP contribution is 2.41. The highest BCUT2D eigenvalue weighted by Gasteiger charge is 2.17. The van der Waals surface area contributed by atoms with E-state index in [1.807, 2.05) is 56.6 Å². The molecule has 9 rings (SSSR count). The van der Waals surface area contributed by atoms with Gasteiger partial charge >= 0.3 is 5.69 Å². The number of nitrogens with zero attached hydrogens (tertiary/aromatic N) is 4. The normalized spacial score (nSPS) is 11.5. The molecule has 2 aromatic heterocycles. The van der Waals surface area contributed by atoms with E-state index in [-0.39, 0.29) is 5.69 Å². The number of hydrogen-bond acceptors (Lipinski definition) is 3.